The quantitative estimate of drug-likeness (QED) is 0.284. The van der Waals surface area contributed by atoms with Crippen LogP contribution in [0.1, 0.15) is 5.56 Å². The van der Waals surface area contributed by atoms with Gasteiger partial charge in [0.15, 0.2) is 5.58 Å². The molecule has 0 aliphatic heterocycles. The molecule has 128 valence electrons. The number of hydrogen-bond acceptors (Lipinski definition) is 4. The minimum absolute atomic E-state index is 0.127. The fraction of sp³-hybridized carbons (Fsp3) is 0. The molecule has 26 heavy (non-hydrogen) atoms. The van der Waals surface area contributed by atoms with Crippen LogP contribution in [0.3, 0.4) is 0 Å². The molecule has 0 atom stereocenters. The number of aromatic nitrogens is 1. The molecule has 4 aromatic rings. The Bertz CT molecular complexity index is 1140. The third kappa shape index (κ3) is 3.59. The van der Waals surface area contributed by atoms with Crippen molar-refractivity contribution >= 4 is 57.2 Å². The maximum atomic E-state index is 9.86. The summed E-state index contributed by atoms with van der Waals surface area (Å²) < 4.78 is 6.96. The zero-order valence-corrected chi connectivity index (χ0v) is 16.3. The molecule has 0 fully saturated rings. The molecule has 0 amide bonds. The third-order valence-corrected chi connectivity index (χ3v) is 4.69. The first-order valence-electron chi connectivity index (χ1n) is 7.77. The molecule has 4 rings (SSSR count). The predicted molar refractivity (Wildman–Crippen MR) is 113 cm³/mol. The maximum Gasteiger partial charge on any atom is 0.227 e. The maximum absolute atomic E-state index is 9.86. The van der Waals surface area contributed by atoms with E-state index >= 15 is 0 Å². The summed E-state index contributed by atoms with van der Waals surface area (Å²) in [7, 11) is 0. The van der Waals surface area contributed by atoms with E-state index in [2.05, 4.69) is 32.6 Å². The average molecular weight is 475 g/mol. The number of nitrogens with zero attached hydrogens (tertiary/aromatic N) is 2. The monoisotopic (exact) mass is 474 g/mol. The molecule has 3 aromatic carbocycles. The van der Waals surface area contributed by atoms with Gasteiger partial charge in [-0.05, 0) is 77.2 Å². The summed E-state index contributed by atoms with van der Waals surface area (Å²) in [5, 5.41) is 10.4. The van der Waals surface area contributed by atoms with Gasteiger partial charge in [-0.3, -0.25) is 4.99 Å². The minimum atomic E-state index is 0.127. The normalized spacial score (nSPS) is 11.5. The lowest BCUT2D eigenvalue weighted by Gasteiger charge is -1.99. The van der Waals surface area contributed by atoms with Gasteiger partial charge >= 0.3 is 0 Å². The molecular weight excluding hydrogens is 463 g/mol. The molecule has 0 bridgehead atoms. The van der Waals surface area contributed by atoms with E-state index in [1.54, 1.807) is 18.3 Å². The number of aliphatic imine (C=N–C) groups is 1. The number of rotatable bonds is 3. The van der Waals surface area contributed by atoms with Crippen molar-refractivity contribution in [2.45, 2.75) is 0 Å². The van der Waals surface area contributed by atoms with Gasteiger partial charge in [0, 0.05) is 25.9 Å². The number of phenols is 1. The van der Waals surface area contributed by atoms with E-state index in [0.717, 1.165) is 14.7 Å². The molecule has 1 heterocycles. The number of fused-ring (bicyclic) bond motifs is 1. The molecular formula is C20H12ClIN2O2. The highest BCUT2D eigenvalue weighted by Gasteiger charge is 2.09. The van der Waals surface area contributed by atoms with Crippen LogP contribution < -0.4 is 0 Å². The Hall–Kier alpha value is -2.38. The second-order valence-corrected chi connectivity index (χ2v) is 7.32. The molecule has 1 aromatic heterocycles. The van der Waals surface area contributed by atoms with Gasteiger partial charge in [-0.1, -0.05) is 17.7 Å². The van der Waals surface area contributed by atoms with Gasteiger partial charge in [0.2, 0.25) is 5.89 Å². The Morgan fingerprint density at radius 2 is 1.96 bits per heavy atom. The first-order chi connectivity index (χ1) is 12.6. The lowest BCUT2D eigenvalue weighted by molar-refractivity contribution is 0.474. The van der Waals surface area contributed by atoms with Gasteiger partial charge in [0.05, 0.1) is 5.69 Å². The Morgan fingerprint density at radius 3 is 2.81 bits per heavy atom. The van der Waals surface area contributed by atoms with Gasteiger partial charge in [-0.2, -0.15) is 0 Å². The van der Waals surface area contributed by atoms with E-state index in [1.807, 2.05) is 42.5 Å². The standard InChI is InChI=1S/C20H12ClIN2O2/c21-14-4-6-18(25)13(8-14)11-23-16-5-7-19-17(10-16)24-20(26-19)12-2-1-3-15(22)9-12/h1-11,25H. The van der Waals surface area contributed by atoms with Crippen molar-refractivity contribution in [1.82, 2.24) is 4.98 Å². The van der Waals surface area contributed by atoms with Crippen molar-refractivity contribution in [3.63, 3.8) is 0 Å². The molecule has 1 N–H and O–H groups in total. The van der Waals surface area contributed by atoms with Crippen molar-refractivity contribution in [1.29, 1.82) is 0 Å². The molecule has 0 saturated heterocycles. The molecule has 0 aliphatic rings. The van der Waals surface area contributed by atoms with Crippen LogP contribution in [0.5, 0.6) is 5.75 Å². The summed E-state index contributed by atoms with van der Waals surface area (Å²) in [4.78, 5) is 8.96. The summed E-state index contributed by atoms with van der Waals surface area (Å²) in [6.07, 6.45) is 1.57. The summed E-state index contributed by atoms with van der Waals surface area (Å²) in [5.41, 5.74) is 3.62. The van der Waals surface area contributed by atoms with Crippen LogP contribution in [0.15, 0.2) is 70.1 Å². The second kappa shape index (κ2) is 7.09. The van der Waals surface area contributed by atoms with Gasteiger partial charge in [0.25, 0.3) is 0 Å². The Labute approximate surface area is 168 Å². The number of oxazole rings is 1. The highest BCUT2D eigenvalue weighted by atomic mass is 127. The van der Waals surface area contributed by atoms with Crippen molar-refractivity contribution in [3.8, 4) is 17.2 Å². The van der Waals surface area contributed by atoms with E-state index < -0.39 is 0 Å². The van der Waals surface area contributed by atoms with Crippen LogP contribution in [0, 0.1) is 3.57 Å². The first-order valence-corrected chi connectivity index (χ1v) is 9.23. The highest BCUT2D eigenvalue weighted by Crippen LogP contribution is 2.28. The Kier molecular flexibility index (Phi) is 4.65. The van der Waals surface area contributed by atoms with Crippen molar-refractivity contribution in [2.24, 2.45) is 4.99 Å². The summed E-state index contributed by atoms with van der Waals surface area (Å²) >= 11 is 8.21. The highest BCUT2D eigenvalue weighted by molar-refractivity contribution is 14.1. The zero-order chi connectivity index (χ0) is 18.1. The van der Waals surface area contributed by atoms with Gasteiger partial charge in [-0.15, -0.1) is 0 Å². The number of benzene rings is 3. The molecule has 0 aliphatic carbocycles. The lowest BCUT2D eigenvalue weighted by Crippen LogP contribution is -1.82. The van der Waals surface area contributed by atoms with E-state index in [0.29, 0.717) is 27.7 Å². The van der Waals surface area contributed by atoms with Crippen LogP contribution >= 0.6 is 34.2 Å². The fourth-order valence-electron chi connectivity index (χ4n) is 2.51. The molecule has 0 unspecified atom stereocenters. The van der Waals surface area contributed by atoms with Gasteiger partial charge in [0.1, 0.15) is 11.3 Å². The van der Waals surface area contributed by atoms with Crippen LogP contribution in [0.4, 0.5) is 5.69 Å². The van der Waals surface area contributed by atoms with E-state index in [1.165, 1.54) is 6.07 Å². The zero-order valence-electron chi connectivity index (χ0n) is 13.4. The summed E-state index contributed by atoms with van der Waals surface area (Å²) in [5.74, 6) is 0.703. The minimum Gasteiger partial charge on any atom is -0.507 e. The van der Waals surface area contributed by atoms with Crippen molar-refractivity contribution in [2.75, 3.05) is 0 Å². The van der Waals surface area contributed by atoms with Crippen LogP contribution in [0.25, 0.3) is 22.6 Å². The van der Waals surface area contributed by atoms with E-state index in [9.17, 15) is 5.11 Å². The topological polar surface area (TPSA) is 58.6 Å². The predicted octanol–water partition coefficient (Wildman–Crippen LogP) is 6.21. The third-order valence-electron chi connectivity index (χ3n) is 3.79. The van der Waals surface area contributed by atoms with Crippen LogP contribution in [0.2, 0.25) is 5.02 Å². The molecule has 4 nitrogen and oxygen atoms in total. The van der Waals surface area contributed by atoms with Crippen LogP contribution in [-0.2, 0) is 0 Å². The first kappa shape index (κ1) is 17.1. The number of hydrogen-bond donors (Lipinski definition) is 1. The van der Waals surface area contributed by atoms with Crippen molar-refractivity contribution in [3.05, 3.63) is 74.8 Å². The average Bonchev–Trinajstić information content (AvgIpc) is 3.06. The molecule has 0 saturated carbocycles. The lowest BCUT2D eigenvalue weighted by atomic mass is 10.2. The number of phenolic OH excluding ortho intramolecular Hbond substituents is 1. The van der Waals surface area contributed by atoms with Crippen LogP contribution in [-0.4, -0.2) is 16.3 Å². The van der Waals surface area contributed by atoms with E-state index in [-0.39, 0.29) is 5.75 Å². The molecule has 6 heteroatoms. The number of aromatic hydroxyl groups is 1. The van der Waals surface area contributed by atoms with Gasteiger partial charge in [-0.25, -0.2) is 4.98 Å². The van der Waals surface area contributed by atoms with E-state index in [4.69, 9.17) is 16.0 Å². The molecule has 0 radical (unpaired) electrons. The SMILES string of the molecule is Oc1ccc(Cl)cc1C=Nc1ccc2oc(-c3cccc(I)c3)nc2c1. The van der Waals surface area contributed by atoms with Gasteiger partial charge < -0.3 is 9.52 Å². The smallest absolute Gasteiger partial charge is 0.227 e. The number of halogens is 2. The largest absolute Gasteiger partial charge is 0.507 e. The summed E-state index contributed by atoms with van der Waals surface area (Å²) in [6, 6.07) is 18.3. The Balaban J connectivity index is 1.67. The second-order valence-electron chi connectivity index (χ2n) is 5.64. The summed E-state index contributed by atoms with van der Waals surface area (Å²) in [6.45, 7) is 0. The van der Waals surface area contributed by atoms with Crippen molar-refractivity contribution < 1.29 is 9.52 Å². The fourth-order valence-corrected chi connectivity index (χ4v) is 3.24. The Morgan fingerprint density at radius 1 is 1.08 bits per heavy atom. The molecule has 0 spiro atoms.